The van der Waals surface area contributed by atoms with Crippen molar-refractivity contribution in [2.24, 2.45) is 0 Å². The van der Waals surface area contributed by atoms with Crippen LogP contribution in [0.4, 0.5) is 0 Å². The number of carbonyl (C=O) groups excluding carboxylic acids is 1. The van der Waals surface area contributed by atoms with Crippen LogP contribution >= 0.6 is 0 Å². The second kappa shape index (κ2) is 10.2. The van der Waals surface area contributed by atoms with Gasteiger partial charge < -0.3 is 5.11 Å². The molecule has 0 amide bonds. The highest BCUT2D eigenvalue weighted by Crippen LogP contribution is 2.35. The van der Waals surface area contributed by atoms with Gasteiger partial charge in [0.2, 0.25) is 10.0 Å². The quantitative estimate of drug-likeness (QED) is 0.589. The third-order valence-electron chi connectivity index (χ3n) is 5.70. The van der Waals surface area contributed by atoms with Gasteiger partial charge in [0.05, 0.1) is 5.75 Å². The van der Waals surface area contributed by atoms with E-state index in [1.165, 1.54) is 17.2 Å². The lowest BCUT2D eigenvalue weighted by molar-refractivity contribution is -0.117. The van der Waals surface area contributed by atoms with E-state index in [-0.39, 0.29) is 11.5 Å². The number of aryl methyl sites for hydroxylation is 1. The normalized spacial score (nSPS) is 16.3. The number of hydrogen-bond donors (Lipinski definition) is 1. The fourth-order valence-electron chi connectivity index (χ4n) is 3.92. The van der Waals surface area contributed by atoms with Crippen molar-refractivity contribution in [3.63, 3.8) is 0 Å². The van der Waals surface area contributed by atoms with E-state index >= 15 is 0 Å². The molecule has 1 aliphatic rings. The minimum atomic E-state index is -3.32. The zero-order valence-electron chi connectivity index (χ0n) is 17.3. The minimum Gasteiger partial charge on any atom is -0.388 e. The van der Waals surface area contributed by atoms with Crippen LogP contribution in [-0.4, -0.2) is 42.5 Å². The molecule has 1 aliphatic carbocycles. The predicted octanol–water partition coefficient (Wildman–Crippen LogP) is 3.53. The summed E-state index contributed by atoms with van der Waals surface area (Å²) in [6.07, 6.45) is 5.94. The zero-order chi connectivity index (χ0) is 21.6. The Labute approximate surface area is 179 Å². The molecule has 0 aromatic heterocycles. The maximum absolute atomic E-state index is 12.7. The molecule has 1 N–H and O–H groups in total. The molecule has 0 aliphatic heterocycles. The first-order valence-electron chi connectivity index (χ1n) is 10.4. The molecule has 5 nitrogen and oxygen atoms in total. The molecule has 160 valence electrons. The predicted molar refractivity (Wildman–Crippen MR) is 120 cm³/mol. The molecule has 6 heteroatoms. The van der Waals surface area contributed by atoms with E-state index in [9.17, 15) is 13.2 Å². The molecule has 2 aromatic carbocycles. The number of hydrogen-bond acceptors (Lipinski definition) is 4. The molecule has 2 aromatic rings. The van der Waals surface area contributed by atoms with Gasteiger partial charge in [0.25, 0.3) is 0 Å². The molecule has 0 fully saturated rings. The van der Waals surface area contributed by atoms with Gasteiger partial charge in [-0.25, -0.2) is 8.42 Å². The lowest BCUT2D eigenvalue weighted by Crippen LogP contribution is -2.33. The molecule has 0 radical (unpaired) electrons. The summed E-state index contributed by atoms with van der Waals surface area (Å²) >= 11 is 0. The van der Waals surface area contributed by atoms with Crippen LogP contribution in [0.2, 0.25) is 0 Å². The summed E-state index contributed by atoms with van der Waals surface area (Å²) in [4.78, 5) is 11.2. The van der Waals surface area contributed by atoms with Crippen molar-refractivity contribution in [1.29, 1.82) is 0 Å². The smallest absolute Gasteiger partial charge is 0.214 e. The van der Waals surface area contributed by atoms with Crippen LogP contribution in [0, 0.1) is 0 Å². The van der Waals surface area contributed by atoms with E-state index in [1.807, 2.05) is 24.3 Å². The maximum atomic E-state index is 12.7. The molecule has 0 saturated heterocycles. The Hall–Kier alpha value is -2.28. The monoisotopic (exact) mass is 427 g/mol. The lowest BCUT2D eigenvalue weighted by Gasteiger charge is -2.23. The number of nitrogens with zero attached hydrogens (tertiary/aromatic N) is 1. The molecule has 0 bridgehead atoms. The van der Waals surface area contributed by atoms with Crippen LogP contribution in [-0.2, 0) is 27.8 Å². The second-order valence-electron chi connectivity index (χ2n) is 7.66. The van der Waals surface area contributed by atoms with Gasteiger partial charge in [-0.1, -0.05) is 54.6 Å². The molecular formula is C24H29NO4S. The van der Waals surface area contributed by atoms with Crippen molar-refractivity contribution in [2.75, 3.05) is 18.9 Å². The third-order valence-corrected chi connectivity index (χ3v) is 7.53. The van der Waals surface area contributed by atoms with Crippen molar-refractivity contribution in [3.05, 3.63) is 76.9 Å². The summed E-state index contributed by atoms with van der Waals surface area (Å²) in [5.41, 5.74) is 4.48. The first kappa shape index (κ1) is 22.4. The maximum Gasteiger partial charge on any atom is 0.214 e. The van der Waals surface area contributed by atoms with Crippen LogP contribution in [0.15, 0.2) is 54.6 Å². The van der Waals surface area contributed by atoms with Gasteiger partial charge in [-0.2, -0.15) is 4.31 Å². The summed E-state index contributed by atoms with van der Waals surface area (Å²) in [6, 6.07) is 15.9. The first-order valence-corrected chi connectivity index (χ1v) is 12.0. The lowest BCUT2D eigenvalue weighted by atomic mass is 9.98. The Bertz CT molecular complexity index is 996. The molecule has 0 heterocycles. The number of ketones is 1. The summed E-state index contributed by atoms with van der Waals surface area (Å²) in [5, 5.41) is 8.78. The largest absolute Gasteiger partial charge is 0.388 e. The van der Waals surface area contributed by atoms with Crippen LogP contribution < -0.4 is 0 Å². The van der Waals surface area contributed by atoms with Gasteiger partial charge in [-0.15, -0.1) is 0 Å². The average molecular weight is 428 g/mol. The first-order chi connectivity index (χ1) is 14.4. The standard InChI is InChI=1S/C24H29NO4S/c1-2-30(28,29)25(16-15-22-13-12-21-5-3-4-6-24(21)22)17-20-9-7-19(8-10-20)11-14-23(27)18-26/h3-11,14,22,26H,2,12-13,15-18H2,1H3/b14-11+. The van der Waals surface area contributed by atoms with Crippen molar-refractivity contribution in [1.82, 2.24) is 4.31 Å². The SMILES string of the molecule is CCS(=O)(=O)N(CCC1CCc2ccccc21)Cc1ccc(/C=C/C(=O)CO)cc1. The molecule has 0 spiro atoms. The van der Waals surface area contributed by atoms with E-state index in [2.05, 4.69) is 24.3 Å². The summed E-state index contributed by atoms with van der Waals surface area (Å²) < 4.78 is 27.0. The van der Waals surface area contributed by atoms with Crippen molar-refractivity contribution >= 4 is 21.9 Å². The summed E-state index contributed by atoms with van der Waals surface area (Å²) in [7, 11) is -3.32. The molecule has 3 rings (SSSR count). The molecule has 0 saturated carbocycles. The number of aliphatic hydroxyl groups excluding tert-OH is 1. The van der Waals surface area contributed by atoms with Crippen LogP contribution in [0.25, 0.3) is 6.08 Å². The Kier molecular flexibility index (Phi) is 7.58. The Morgan fingerprint density at radius 1 is 1.17 bits per heavy atom. The van der Waals surface area contributed by atoms with Gasteiger partial charge in [-0.3, -0.25) is 4.79 Å². The number of rotatable bonds is 10. The Morgan fingerprint density at radius 2 is 1.90 bits per heavy atom. The van der Waals surface area contributed by atoms with Crippen molar-refractivity contribution < 1.29 is 18.3 Å². The van der Waals surface area contributed by atoms with Gasteiger partial charge in [0.1, 0.15) is 6.61 Å². The summed E-state index contributed by atoms with van der Waals surface area (Å²) in [6.45, 7) is 2.01. The molecule has 1 unspecified atom stereocenters. The van der Waals surface area contributed by atoms with E-state index in [0.717, 1.165) is 30.4 Å². The zero-order valence-corrected chi connectivity index (χ0v) is 18.1. The van der Waals surface area contributed by atoms with Gasteiger partial charge >= 0.3 is 0 Å². The average Bonchev–Trinajstić information content (AvgIpc) is 3.18. The number of sulfonamides is 1. The molecular weight excluding hydrogens is 398 g/mol. The van der Waals surface area contributed by atoms with Gasteiger partial charge in [0.15, 0.2) is 5.78 Å². The fourth-order valence-corrected chi connectivity index (χ4v) is 5.02. The Balaban J connectivity index is 1.68. The van der Waals surface area contributed by atoms with Crippen LogP contribution in [0.5, 0.6) is 0 Å². The van der Waals surface area contributed by atoms with Crippen molar-refractivity contribution in [2.45, 2.75) is 38.6 Å². The topological polar surface area (TPSA) is 74.7 Å². The number of carbonyl (C=O) groups is 1. The van der Waals surface area contributed by atoms with Crippen molar-refractivity contribution in [3.8, 4) is 0 Å². The molecule has 1 atom stereocenters. The minimum absolute atomic E-state index is 0.0817. The second-order valence-corrected chi connectivity index (χ2v) is 9.91. The fraction of sp³-hybridized carbons (Fsp3) is 0.375. The van der Waals surface area contributed by atoms with E-state index in [4.69, 9.17) is 5.11 Å². The van der Waals surface area contributed by atoms with Gasteiger partial charge in [0, 0.05) is 13.1 Å². The number of benzene rings is 2. The highest BCUT2D eigenvalue weighted by Gasteiger charge is 2.25. The van der Waals surface area contributed by atoms with E-state index < -0.39 is 16.6 Å². The number of fused-ring (bicyclic) bond motifs is 1. The van der Waals surface area contributed by atoms with Crippen LogP contribution in [0.3, 0.4) is 0 Å². The van der Waals surface area contributed by atoms with E-state index in [0.29, 0.717) is 19.0 Å². The van der Waals surface area contributed by atoms with Crippen LogP contribution in [0.1, 0.15) is 47.9 Å². The highest BCUT2D eigenvalue weighted by molar-refractivity contribution is 7.89. The Morgan fingerprint density at radius 3 is 2.60 bits per heavy atom. The van der Waals surface area contributed by atoms with E-state index in [1.54, 1.807) is 17.3 Å². The highest BCUT2D eigenvalue weighted by atomic mass is 32.2. The third kappa shape index (κ3) is 5.65. The molecule has 30 heavy (non-hydrogen) atoms. The van der Waals surface area contributed by atoms with Gasteiger partial charge in [-0.05, 0) is 60.4 Å². The summed E-state index contributed by atoms with van der Waals surface area (Å²) in [5.74, 6) is 0.137. The number of aliphatic hydroxyl groups is 1.